The molecule has 0 atom stereocenters. The van der Waals surface area contributed by atoms with Crippen molar-refractivity contribution in [2.75, 3.05) is 13.1 Å². The second kappa shape index (κ2) is 8.05. The summed E-state index contributed by atoms with van der Waals surface area (Å²) in [4.78, 5) is 0.361. The minimum atomic E-state index is -3.40. The fraction of sp³-hybridized carbons (Fsp3) is 0.714. The van der Waals surface area contributed by atoms with Gasteiger partial charge in [0.15, 0.2) is 0 Å². The van der Waals surface area contributed by atoms with Crippen LogP contribution in [0.1, 0.15) is 45.7 Å². The van der Waals surface area contributed by atoms with Gasteiger partial charge in [-0.1, -0.05) is 27.2 Å². The third kappa shape index (κ3) is 3.99. The molecule has 0 saturated carbocycles. The van der Waals surface area contributed by atoms with Gasteiger partial charge in [-0.25, -0.2) is 8.42 Å². The standard InChI is InChI=1S/C14H25ClN2O2S/c1-4-7-9-17(6-3)20(18,19)14-10-13(11-15)16(12-14)8-5-2/h10,12H,4-9,11H2,1-3H3. The average molecular weight is 321 g/mol. The summed E-state index contributed by atoms with van der Waals surface area (Å²) in [5, 5.41) is 0. The lowest BCUT2D eigenvalue weighted by atomic mass is 10.3. The van der Waals surface area contributed by atoms with Crippen LogP contribution in [0.25, 0.3) is 0 Å². The van der Waals surface area contributed by atoms with Crippen LogP contribution >= 0.6 is 11.6 Å². The summed E-state index contributed by atoms with van der Waals surface area (Å²) in [6, 6.07) is 1.70. The molecule has 0 radical (unpaired) electrons. The van der Waals surface area contributed by atoms with Crippen molar-refractivity contribution in [1.29, 1.82) is 0 Å². The molecule has 1 aromatic heterocycles. The maximum absolute atomic E-state index is 12.6. The predicted octanol–water partition coefficient (Wildman–Crippen LogP) is 3.45. The molecule has 0 aromatic carbocycles. The lowest BCUT2D eigenvalue weighted by Gasteiger charge is -2.19. The van der Waals surface area contributed by atoms with Crippen molar-refractivity contribution in [1.82, 2.24) is 8.87 Å². The van der Waals surface area contributed by atoms with Gasteiger partial charge in [0, 0.05) is 31.5 Å². The third-order valence-corrected chi connectivity index (χ3v) is 5.53. The Balaban J connectivity index is 3.07. The largest absolute Gasteiger partial charge is 0.349 e. The molecular weight excluding hydrogens is 296 g/mol. The van der Waals surface area contributed by atoms with Crippen molar-refractivity contribution in [2.24, 2.45) is 0 Å². The van der Waals surface area contributed by atoms with Gasteiger partial charge in [0.05, 0.1) is 5.88 Å². The molecule has 1 aromatic rings. The number of hydrogen-bond donors (Lipinski definition) is 0. The maximum atomic E-state index is 12.6. The summed E-state index contributed by atoms with van der Waals surface area (Å²) in [6.07, 6.45) is 4.53. The summed E-state index contributed by atoms with van der Waals surface area (Å²) in [7, 11) is -3.40. The van der Waals surface area contributed by atoms with E-state index in [4.69, 9.17) is 11.6 Å². The SMILES string of the molecule is CCCCN(CC)S(=O)(=O)c1cc(CCl)n(CCC)c1. The lowest BCUT2D eigenvalue weighted by Crippen LogP contribution is -2.31. The van der Waals surface area contributed by atoms with Gasteiger partial charge in [-0.2, -0.15) is 4.31 Å². The van der Waals surface area contributed by atoms with Crippen LogP contribution in [-0.2, 0) is 22.4 Å². The number of aromatic nitrogens is 1. The number of alkyl halides is 1. The van der Waals surface area contributed by atoms with E-state index in [2.05, 4.69) is 13.8 Å². The fourth-order valence-electron chi connectivity index (χ4n) is 2.16. The van der Waals surface area contributed by atoms with Crippen molar-refractivity contribution >= 4 is 21.6 Å². The van der Waals surface area contributed by atoms with E-state index in [9.17, 15) is 8.42 Å². The first-order chi connectivity index (χ1) is 9.51. The highest BCUT2D eigenvalue weighted by Crippen LogP contribution is 2.21. The monoisotopic (exact) mass is 320 g/mol. The average Bonchev–Trinajstić information content (AvgIpc) is 2.83. The van der Waals surface area contributed by atoms with E-state index in [1.54, 1.807) is 16.6 Å². The van der Waals surface area contributed by atoms with E-state index in [1.807, 2.05) is 11.5 Å². The number of halogens is 1. The second-order valence-corrected chi connectivity index (χ2v) is 7.05. The zero-order valence-corrected chi connectivity index (χ0v) is 14.2. The number of aryl methyl sites for hydroxylation is 1. The second-order valence-electron chi connectivity index (χ2n) is 4.84. The molecule has 0 aliphatic carbocycles. The quantitative estimate of drug-likeness (QED) is 0.654. The molecule has 20 heavy (non-hydrogen) atoms. The molecule has 0 aliphatic heterocycles. The van der Waals surface area contributed by atoms with Crippen LogP contribution in [0.15, 0.2) is 17.2 Å². The van der Waals surface area contributed by atoms with Crippen molar-refractivity contribution < 1.29 is 8.42 Å². The number of unbranched alkanes of at least 4 members (excludes halogenated alkanes) is 1. The Bertz CT molecular complexity index is 511. The summed E-state index contributed by atoms with van der Waals surface area (Å²) in [6.45, 7) is 7.86. The number of rotatable bonds is 9. The molecule has 1 rings (SSSR count). The molecule has 0 fully saturated rings. The molecule has 0 aliphatic rings. The van der Waals surface area contributed by atoms with Gasteiger partial charge >= 0.3 is 0 Å². The van der Waals surface area contributed by atoms with Gasteiger partial charge in [0.2, 0.25) is 10.0 Å². The molecule has 0 unspecified atom stereocenters. The molecule has 0 saturated heterocycles. The predicted molar refractivity (Wildman–Crippen MR) is 83.6 cm³/mol. The summed E-state index contributed by atoms with van der Waals surface area (Å²) in [5.74, 6) is 0.330. The van der Waals surface area contributed by atoms with Crippen LogP contribution in [0, 0.1) is 0 Å². The number of nitrogens with zero attached hydrogens (tertiary/aromatic N) is 2. The Morgan fingerprint density at radius 1 is 1.25 bits per heavy atom. The van der Waals surface area contributed by atoms with Crippen LogP contribution in [0.3, 0.4) is 0 Å². The Morgan fingerprint density at radius 3 is 2.45 bits per heavy atom. The molecular formula is C14H25ClN2O2S. The highest BCUT2D eigenvalue weighted by atomic mass is 35.5. The summed E-state index contributed by atoms with van der Waals surface area (Å²) >= 11 is 5.90. The zero-order valence-electron chi connectivity index (χ0n) is 12.6. The third-order valence-electron chi connectivity index (χ3n) is 3.31. The first kappa shape index (κ1) is 17.5. The van der Waals surface area contributed by atoms with Crippen molar-refractivity contribution in [3.05, 3.63) is 18.0 Å². The van der Waals surface area contributed by atoms with Crippen molar-refractivity contribution in [3.63, 3.8) is 0 Å². The first-order valence-electron chi connectivity index (χ1n) is 7.26. The number of hydrogen-bond acceptors (Lipinski definition) is 2. The Morgan fingerprint density at radius 2 is 1.95 bits per heavy atom. The van der Waals surface area contributed by atoms with Crippen LogP contribution in [0.2, 0.25) is 0 Å². The first-order valence-corrected chi connectivity index (χ1v) is 9.23. The molecule has 0 spiro atoms. The summed E-state index contributed by atoms with van der Waals surface area (Å²) < 4.78 is 28.7. The zero-order chi connectivity index (χ0) is 15.2. The van der Waals surface area contributed by atoms with Gasteiger partial charge in [-0.3, -0.25) is 0 Å². The molecule has 6 heteroatoms. The van der Waals surface area contributed by atoms with Gasteiger partial charge in [0.1, 0.15) is 4.90 Å². The highest BCUT2D eigenvalue weighted by molar-refractivity contribution is 7.89. The van der Waals surface area contributed by atoms with Crippen molar-refractivity contribution in [3.8, 4) is 0 Å². The van der Waals surface area contributed by atoms with Crippen LogP contribution in [0.4, 0.5) is 0 Å². The summed E-state index contributed by atoms with van der Waals surface area (Å²) in [5.41, 5.74) is 0.860. The van der Waals surface area contributed by atoms with E-state index in [0.29, 0.717) is 23.9 Å². The number of sulfonamides is 1. The van der Waals surface area contributed by atoms with Crippen molar-refractivity contribution in [2.45, 2.75) is 57.4 Å². The van der Waals surface area contributed by atoms with Crippen LogP contribution in [-0.4, -0.2) is 30.4 Å². The Labute approximate surface area is 127 Å². The van der Waals surface area contributed by atoms with E-state index in [1.165, 1.54) is 0 Å². The van der Waals surface area contributed by atoms with E-state index < -0.39 is 10.0 Å². The van der Waals surface area contributed by atoms with E-state index in [0.717, 1.165) is 31.5 Å². The van der Waals surface area contributed by atoms with Crippen LogP contribution < -0.4 is 0 Å². The van der Waals surface area contributed by atoms with E-state index >= 15 is 0 Å². The Hall–Kier alpha value is -0.520. The topological polar surface area (TPSA) is 42.3 Å². The normalized spacial score (nSPS) is 12.2. The highest BCUT2D eigenvalue weighted by Gasteiger charge is 2.24. The molecule has 1 heterocycles. The fourth-order valence-corrected chi connectivity index (χ4v) is 3.94. The van der Waals surface area contributed by atoms with Gasteiger partial charge in [-0.15, -0.1) is 11.6 Å². The van der Waals surface area contributed by atoms with Crippen LogP contribution in [0.5, 0.6) is 0 Å². The van der Waals surface area contributed by atoms with Gasteiger partial charge in [-0.05, 0) is 18.9 Å². The maximum Gasteiger partial charge on any atom is 0.244 e. The molecule has 116 valence electrons. The molecule has 0 bridgehead atoms. The van der Waals surface area contributed by atoms with E-state index in [-0.39, 0.29) is 0 Å². The van der Waals surface area contributed by atoms with Gasteiger partial charge in [0.25, 0.3) is 0 Å². The minimum absolute atomic E-state index is 0.330. The molecule has 0 amide bonds. The van der Waals surface area contributed by atoms with Gasteiger partial charge < -0.3 is 4.57 Å². The Kier molecular flexibility index (Phi) is 7.06. The molecule has 4 nitrogen and oxygen atoms in total. The smallest absolute Gasteiger partial charge is 0.244 e. The molecule has 0 N–H and O–H groups in total. The minimum Gasteiger partial charge on any atom is -0.349 e. The lowest BCUT2D eigenvalue weighted by molar-refractivity contribution is 0.419.